The zero-order valence-corrected chi connectivity index (χ0v) is 17.4. The molecule has 1 aromatic heterocycles. The summed E-state index contributed by atoms with van der Waals surface area (Å²) in [6, 6.07) is 8.86. The highest BCUT2D eigenvalue weighted by atomic mass is 35.5. The van der Waals surface area contributed by atoms with Crippen LogP contribution in [0.5, 0.6) is 0 Å². The molecule has 2 heterocycles. The molecule has 0 unspecified atom stereocenters. The summed E-state index contributed by atoms with van der Waals surface area (Å²) in [6.45, 7) is 2.02. The summed E-state index contributed by atoms with van der Waals surface area (Å²) in [5.41, 5.74) is 0.380. The zero-order chi connectivity index (χ0) is 22.1. The predicted octanol–water partition coefficient (Wildman–Crippen LogP) is 4.46. The number of benzene rings is 2. The first-order chi connectivity index (χ1) is 14.9. The van der Waals surface area contributed by atoms with Crippen molar-refractivity contribution in [2.45, 2.75) is 0 Å². The number of nitrogens with zero attached hydrogens (tertiary/aromatic N) is 3. The Balaban J connectivity index is 1.65. The summed E-state index contributed by atoms with van der Waals surface area (Å²) in [7, 11) is 0. The molecule has 160 valence electrons. The van der Waals surface area contributed by atoms with Gasteiger partial charge in [0, 0.05) is 36.3 Å². The minimum absolute atomic E-state index is 0.0888. The van der Waals surface area contributed by atoms with Gasteiger partial charge in [0.2, 0.25) is 0 Å². The number of carbonyl (C=O) groups is 1. The third kappa shape index (κ3) is 4.02. The van der Waals surface area contributed by atoms with E-state index in [4.69, 9.17) is 16.3 Å². The lowest BCUT2D eigenvalue weighted by molar-refractivity contribution is -0.384. The molecule has 0 spiro atoms. The van der Waals surface area contributed by atoms with Gasteiger partial charge in [0.25, 0.3) is 17.3 Å². The number of nitro groups is 2. The van der Waals surface area contributed by atoms with Gasteiger partial charge in [-0.25, -0.2) is 0 Å². The van der Waals surface area contributed by atoms with Crippen LogP contribution in [0, 0.1) is 20.2 Å². The highest BCUT2D eigenvalue weighted by molar-refractivity contribution is 7.22. The smallest absolute Gasteiger partial charge is 0.294 e. The Bertz CT molecular complexity index is 1210. The Morgan fingerprint density at radius 3 is 2.48 bits per heavy atom. The van der Waals surface area contributed by atoms with E-state index < -0.39 is 15.8 Å². The molecule has 0 radical (unpaired) electrons. The number of hydrogen-bond donors (Lipinski definition) is 1. The van der Waals surface area contributed by atoms with Crippen LogP contribution in [0.25, 0.3) is 10.1 Å². The first-order valence-corrected chi connectivity index (χ1v) is 10.3. The Hall–Kier alpha value is -3.28. The van der Waals surface area contributed by atoms with Gasteiger partial charge in [0.1, 0.15) is 15.3 Å². The number of non-ortho nitro benzene ring substituents is 1. The molecule has 2 aromatic carbocycles. The topological polar surface area (TPSA) is 128 Å². The van der Waals surface area contributed by atoms with Gasteiger partial charge in [-0.05, 0) is 12.1 Å². The largest absolute Gasteiger partial charge is 0.378 e. The zero-order valence-electron chi connectivity index (χ0n) is 15.9. The number of halogens is 1. The molecule has 1 saturated heterocycles. The second kappa shape index (κ2) is 8.46. The van der Waals surface area contributed by atoms with Crippen LogP contribution < -0.4 is 10.2 Å². The molecule has 0 aliphatic carbocycles. The number of nitrogens with one attached hydrogen (secondary N) is 1. The quantitative estimate of drug-likeness (QED) is 0.437. The van der Waals surface area contributed by atoms with E-state index in [1.165, 1.54) is 18.2 Å². The van der Waals surface area contributed by atoms with Crippen LogP contribution in [0.4, 0.5) is 22.7 Å². The van der Waals surface area contributed by atoms with Crippen molar-refractivity contribution >= 4 is 61.7 Å². The van der Waals surface area contributed by atoms with E-state index in [9.17, 15) is 25.0 Å². The predicted molar refractivity (Wildman–Crippen MR) is 118 cm³/mol. The van der Waals surface area contributed by atoms with Crippen LogP contribution in [-0.2, 0) is 4.74 Å². The van der Waals surface area contributed by atoms with Crippen molar-refractivity contribution in [3.05, 3.63) is 66.5 Å². The number of thiophene rings is 1. The molecule has 0 bridgehead atoms. The Kier molecular flexibility index (Phi) is 5.72. The van der Waals surface area contributed by atoms with Gasteiger partial charge < -0.3 is 15.0 Å². The maximum absolute atomic E-state index is 12.8. The fraction of sp³-hybridized carbons (Fsp3) is 0.211. The van der Waals surface area contributed by atoms with Crippen molar-refractivity contribution in [3.8, 4) is 0 Å². The second-order valence-electron chi connectivity index (χ2n) is 6.67. The number of ether oxygens (including phenoxy) is 1. The summed E-state index contributed by atoms with van der Waals surface area (Å²) in [4.78, 5) is 36.6. The number of nitro benzene ring substituents is 2. The lowest BCUT2D eigenvalue weighted by Gasteiger charge is -2.28. The Morgan fingerprint density at radius 2 is 1.81 bits per heavy atom. The summed E-state index contributed by atoms with van der Waals surface area (Å²) in [6.07, 6.45) is 0. The molecule has 1 fully saturated rings. The van der Waals surface area contributed by atoms with Gasteiger partial charge in [0.05, 0.1) is 28.1 Å². The number of fused-ring (bicyclic) bond motifs is 1. The summed E-state index contributed by atoms with van der Waals surface area (Å²) in [5, 5.41) is 26.0. The first kappa shape index (κ1) is 21.0. The lowest BCUT2D eigenvalue weighted by Crippen LogP contribution is -2.36. The van der Waals surface area contributed by atoms with E-state index in [2.05, 4.69) is 5.32 Å². The second-order valence-corrected chi connectivity index (χ2v) is 8.07. The molecule has 1 N–H and O–H groups in total. The maximum atomic E-state index is 12.8. The maximum Gasteiger partial charge on any atom is 0.294 e. The number of morpholine rings is 1. The summed E-state index contributed by atoms with van der Waals surface area (Å²) >= 11 is 7.20. The van der Waals surface area contributed by atoms with E-state index in [1.807, 2.05) is 4.90 Å². The highest BCUT2D eigenvalue weighted by Gasteiger charge is 2.25. The van der Waals surface area contributed by atoms with Crippen LogP contribution in [0.3, 0.4) is 0 Å². The van der Waals surface area contributed by atoms with E-state index in [-0.39, 0.29) is 31.7 Å². The van der Waals surface area contributed by atoms with Crippen LogP contribution in [0.1, 0.15) is 9.67 Å². The third-order valence-corrected chi connectivity index (χ3v) is 6.55. The minimum Gasteiger partial charge on any atom is -0.378 e. The van der Waals surface area contributed by atoms with Gasteiger partial charge in [-0.1, -0.05) is 23.7 Å². The fourth-order valence-electron chi connectivity index (χ4n) is 3.37. The summed E-state index contributed by atoms with van der Waals surface area (Å²) < 4.78 is 5.57. The molecule has 4 rings (SSSR count). The van der Waals surface area contributed by atoms with E-state index in [0.29, 0.717) is 37.4 Å². The van der Waals surface area contributed by atoms with E-state index in [0.717, 1.165) is 11.3 Å². The Morgan fingerprint density at radius 1 is 1.10 bits per heavy atom. The van der Waals surface area contributed by atoms with Crippen molar-refractivity contribution in [3.63, 3.8) is 0 Å². The molecule has 10 nitrogen and oxygen atoms in total. The molecule has 3 aromatic rings. The standard InChI is InChI=1S/C19H15ClN4O6S/c20-16-12-2-1-3-14(23(26)27)17(12)31-18(16)19(25)21-11-4-5-13(15(10-11)24(28)29)22-6-8-30-9-7-22/h1-5,10H,6-9H2,(H,21,25). The van der Waals surface area contributed by atoms with Gasteiger partial charge in [0.15, 0.2) is 0 Å². The van der Waals surface area contributed by atoms with Crippen molar-refractivity contribution in [1.29, 1.82) is 0 Å². The van der Waals surface area contributed by atoms with Gasteiger partial charge in [-0.3, -0.25) is 25.0 Å². The van der Waals surface area contributed by atoms with E-state index in [1.54, 1.807) is 18.2 Å². The molecule has 1 aliphatic rings. The summed E-state index contributed by atoms with van der Waals surface area (Å²) in [5.74, 6) is -0.603. The number of anilines is 2. The van der Waals surface area contributed by atoms with Gasteiger partial charge in [-0.15, -0.1) is 11.3 Å². The SMILES string of the molecule is O=C(Nc1ccc(N2CCOCC2)c([N+](=O)[O-])c1)c1sc2c([N+](=O)[O-])cccc2c1Cl. The molecule has 0 saturated carbocycles. The minimum atomic E-state index is -0.603. The van der Waals surface area contributed by atoms with Crippen LogP contribution in [0.2, 0.25) is 5.02 Å². The number of carbonyl (C=O) groups excluding carboxylic acids is 1. The van der Waals surface area contributed by atoms with Crippen molar-refractivity contribution in [1.82, 2.24) is 0 Å². The molecule has 1 aliphatic heterocycles. The molecular weight excluding hydrogens is 448 g/mol. The average molecular weight is 463 g/mol. The van der Waals surface area contributed by atoms with E-state index >= 15 is 0 Å². The first-order valence-electron chi connectivity index (χ1n) is 9.14. The van der Waals surface area contributed by atoms with Crippen molar-refractivity contribution < 1.29 is 19.4 Å². The number of rotatable bonds is 5. The van der Waals surface area contributed by atoms with Crippen LogP contribution >= 0.6 is 22.9 Å². The van der Waals surface area contributed by atoms with Crippen molar-refractivity contribution in [2.75, 3.05) is 36.5 Å². The van der Waals surface area contributed by atoms with Gasteiger partial charge >= 0.3 is 0 Å². The number of amides is 1. The molecular formula is C19H15ClN4O6S. The van der Waals surface area contributed by atoms with Gasteiger partial charge in [-0.2, -0.15) is 0 Å². The fourth-order valence-corrected chi connectivity index (χ4v) is 4.86. The monoisotopic (exact) mass is 462 g/mol. The number of hydrogen-bond acceptors (Lipinski definition) is 8. The van der Waals surface area contributed by atoms with Crippen LogP contribution in [0.15, 0.2) is 36.4 Å². The van der Waals surface area contributed by atoms with Crippen molar-refractivity contribution in [2.24, 2.45) is 0 Å². The molecule has 12 heteroatoms. The third-order valence-electron chi connectivity index (χ3n) is 4.82. The molecule has 1 amide bonds. The normalized spacial score (nSPS) is 13.9. The molecule has 0 atom stereocenters. The highest BCUT2D eigenvalue weighted by Crippen LogP contribution is 2.40. The lowest BCUT2D eigenvalue weighted by atomic mass is 10.2. The Labute approximate surface area is 184 Å². The molecule has 31 heavy (non-hydrogen) atoms. The average Bonchev–Trinajstić information content (AvgIpc) is 3.11. The van der Waals surface area contributed by atoms with Crippen LogP contribution in [-0.4, -0.2) is 42.1 Å².